The molecule has 0 unspecified atom stereocenters. The van der Waals surface area contributed by atoms with Crippen LogP contribution in [0.5, 0.6) is 0 Å². The van der Waals surface area contributed by atoms with E-state index in [1.165, 1.54) is 12.8 Å². The van der Waals surface area contributed by atoms with E-state index in [1.807, 2.05) is 20.7 Å². The van der Waals surface area contributed by atoms with Crippen LogP contribution in [0.15, 0.2) is 32.9 Å². The summed E-state index contributed by atoms with van der Waals surface area (Å²) in [5.41, 5.74) is 0. The predicted molar refractivity (Wildman–Crippen MR) is 134 cm³/mol. The normalized spacial score (nSPS) is 19.9. The number of hydrogen-bond acceptors (Lipinski definition) is 0. The quantitative estimate of drug-likeness (QED) is 0.285. The smallest absolute Gasteiger partial charge is 1.00 e. The molecule has 2 aliphatic carbocycles. The van der Waals surface area contributed by atoms with Gasteiger partial charge in [-0.2, -0.15) is 0 Å². The fourth-order valence-electron chi connectivity index (χ4n) is 4.38. The summed E-state index contributed by atoms with van der Waals surface area (Å²) in [7, 11) is -5.06. The monoisotopic (exact) mass is 572 g/mol. The zero-order valence-corrected chi connectivity index (χ0v) is 26.4. The molecule has 0 nitrogen and oxygen atoms in total. The second-order valence-corrected chi connectivity index (χ2v) is 35.9. The van der Waals surface area contributed by atoms with Crippen molar-refractivity contribution in [2.24, 2.45) is 0 Å². The van der Waals surface area contributed by atoms with Gasteiger partial charge in [0.2, 0.25) is 0 Å². The SMILES string of the molecule is C[Si](C)(C)C1=CC[C]([Eu+][C]2=C([Si](C)(C)C)C([Si](C)(C)C)=CC2)=C1[Si](C)(C)C.[H-]. The molecule has 0 atom stereocenters. The molecule has 0 heterocycles. The van der Waals surface area contributed by atoms with Crippen molar-refractivity contribution < 1.29 is 46.1 Å². The Kier molecular flexibility index (Phi) is 7.46. The van der Waals surface area contributed by atoms with Gasteiger partial charge in [0.15, 0.2) is 0 Å². The van der Waals surface area contributed by atoms with Crippen molar-refractivity contribution >= 4 is 32.3 Å². The summed E-state index contributed by atoms with van der Waals surface area (Å²) in [6, 6.07) is 0. The van der Waals surface area contributed by atoms with Gasteiger partial charge in [0.05, 0.1) is 0 Å². The van der Waals surface area contributed by atoms with E-state index in [4.69, 9.17) is 0 Å². The molecule has 0 aromatic heterocycles. The minimum absolute atomic E-state index is 0. The van der Waals surface area contributed by atoms with Gasteiger partial charge in [-0.3, -0.25) is 0 Å². The Hall–Kier alpha value is 1.41. The van der Waals surface area contributed by atoms with Gasteiger partial charge >= 0.3 is 201 Å². The van der Waals surface area contributed by atoms with Crippen LogP contribution in [0.4, 0.5) is 0 Å². The topological polar surface area (TPSA) is 0 Å². The largest absolute Gasteiger partial charge is 1.00 e. The molecule has 0 bridgehead atoms. The second-order valence-electron chi connectivity index (χ2n) is 12.3. The first-order valence-corrected chi connectivity index (χ1v) is 26.9. The molecule has 0 aliphatic heterocycles. The van der Waals surface area contributed by atoms with Gasteiger partial charge in [-0.05, 0) is 0 Å². The summed E-state index contributed by atoms with van der Waals surface area (Å²) in [5, 5.41) is 7.51. The summed E-state index contributed by atoms with van der Waals surface area (Å²) in [5.74, 6) is 0. The van der Waals surface area contributed by atoms with Crippen molar-refractivity contribution in [3.63, 3.8) is 0 Å². The van der Waals surface area contributed by atoms with Crippen LogP contribution in [0.25, 0.3) is 0 Å². The van der Waals surface area contributed by atoms with E-state index >= 15 is 0 Å². The summed E-state index contributed by atoms with van der Waals surface area (Å²) >= 11 is -0.457. The molecule has 0 aromatic carbocycles. The minimum Gasteiger partial charge on any atom is -1.00 e. The molecule has 2 rings (SSSR count). The van der Waals surface area contributed by atoms with Gasteiger partial charge in [0.1, 0.15) is 0 Å². The zero-order chi connectivity index (χ0) is 21.0. The molecular weight excluding hydrogens is 529 g/mol. The van der Waals surface area contributed by atoms with E-state index in [1.54, 1.807) is 0 Å². The van der Waals surface area contributed by atoms with Gasteiger partial charge in [0, 0.05) is 0 Å². The van der Waals surface area contributed by atoms with Crippen molar-refractivity contribution in [3.05, 3.63) is 32.9 Å². The molecule has 2 aliphatic rings. The Morgan fingerprint density at radius 2 is 0.852 bits per heavy atom. The number of rotatable bonds is 6. The van der Waals surface area contributed by atoms with Gasteiger partial charge in [-0.25, -0.2) is 0 Å². The maximum absolute atomic E-state index is 2.67. The fourth-order valence-corrected chi connectivity index (χ4v) is 25.6. The van der Waals surface area contributed by atoms with Crippen molar-refractivity contribution in [2.45, 2.75) is 91.4 Å². The Morgan fingerprint density at radius 3 is 1.07 bits per heavy atom. The first kappa shape index (κ1) is 24.7. The first-order chi connectivity index (χ1) is 11.9. The second kappa shape index (κ2) is 8.16. The third-order valence-corrected chi connectivity index (χ3v) is 19.0. The average Bonchev–Trinajstić information content (AvgIpc) is 3.00. The molecule has 0 N–H and O–H groups in total. The third kappa shape index (κ3) is 5.77. The van der Waals surface area contributed by atoms with Crippen LogP contribution in [0, 0.1) is 44.6 Å². The number of hydrogen-bond donors (Lipinski definition) is 0. The van der Waals surface area contributed by atoms with E-state index < -0.39 is 76.9 Å². The summed E-state index contributed by atoms with van der Waals surface area (Å²) < 4.78 is 3.89. The Morgan fingerprint density at radius 1 is 0.556 bits per heavy atom. The Balaban J connectivity index is 0.00000392. The van der Waals surface area contributed by atoms with E-state index in [2.05, 4.69) is 90.7 Å². The molecule has 0 aromatic rings. The van der Waals surface area contributed by atoms with Crippen LogP contribution in [-0.4, -0.2) is 32.3 Å². The van der Waals surface area contributed by atoms with E-state index in [0.29, 0.717) is 0 Å². The third-order valence-electron chi connectivity index (χ3n) is 5.40. The van der Waals surface area contributed by atoms with Gasteiger partial charge in [-0.1, -0.05) is 0 Å². The molecular formula is C22H43EuSi4. The molecule has 0 saturated carbocycles. The maximum atomic E-state index is 2.67. The zero-order valence-electron chi connectivity index (χ0n) is 20.9. The summed E-state index contributed by atoms with van der Waals surface area (Å²) in [6.07, 6.45) is 7.93. The van der Waals surface area contributed by atoms with E-state index in [-0.39, 0.29) is 1.43 Å². The van der Waals surface area contributed by atoms with Crippen LogP contribution in [-0.2, 0) is 0 Å². The van der Waals surface area contributed by atoms with E-state index in [0.717, 1.165) is 0 Å². The van der Waals surface area contributed by atoms with Crippen molar-refractivity contribution in [3.8, 4) is 0 Å². The molecule has 27 heavy (non-hydrogen) atoms. The molecule has 0 fully saturated rings. The van der Waals surface area contributed by atoms with Crippen LogP contribution in [0.3, 0.4) is 0 Å². The van der Waals surface area contributed by atoms with E-state index in [9.17, 15) is 0 Å². The van der Waals surface area contributed by atoms with Crippen LogP contribution in [0.1, 0.15) is 14.3 Å². The molecule has 5 heteroatoms. The van der Waals surface area contributed by atoms with Gasteiger partial charge in [0.25, 0.3) is 0 Å². The van der Waals surface area contributed by atoms with Crippen molar-refractivity contribution in [1.82, 2.24) is 0 Å². The molecule has 0 saturated heterocycles. The molecule has 0 spiro atoms. The minimum atomic E-state index is -1.29. The number of allylic oxidation sites excluding steroid dienone is 8. The molecule has 0 radical (unpaired) electrons. The molecule has 0 amide bonds. The van der Waals surface area contributed by atoms with Crippen LogP contribution < -0.4 is 0 Å². The average molecular weight is 572 g/mol. The van der Waals surface area contributed by atoms with Gasteiger partial charge < -0.3 is 1.43 Å². The summed E-state index contributed by atoms with van der Waals surface area (Å²) in [6.45, 7) is 30.9. The fraction of sp³-hybridized carbons (Fsp3) is 0.636. The Bertz CT molecular complexity index is 681. The van der Waals surface area contributed by atoms with Crippen molar-refractivity contribution in [2.75, 3.05) is 0 Å². The van der Waals surface area contributed by atoms with Crippen molar-refractivity contribution in [1.29, 1.82) is 0 Å². The first-order valence-electron chi connectivity index (χ1n) is 10.5. The Labute approximate surface area is 200 Å². The van der Waals surface area contributed by atoms with Crippen LogP contribution in [0.2, 0.25) is 78.6 Å². The van der Waals surface area contributed by atoms with Crippen LogP contribution >= 0.6 is 0 Å². The predicted octanol–water partition coefficient (Wildman–Crippen LogP) is 7.86. The summed E-state index contributed by atoms with van der Waals surface area (Å²) in [4.78, 5) is 0. The van der Waals surface area contributed by atoms with Gasteiger partial charge in [-0.15, -0.1) is 0 Å². The maximum Gasteiger partial charge on any atom is -1.00 e. The standard InChI is InChI=1S/2C11H21Si2.Eu.H/c2*1-12(2,3)10-8-7-9-11(10)13(4,5)6;;/h2*8H,7H2,1-6H3;;/q;;+1;-1. The molecule has 154 valence electrons.